The molecule has 4 nitrogen and oxygen atoms in total. The highest BCUT2D eigenvalue weighted by molar-refractivity contribution is 8.01. The Morgan fingerprint density at radius 1 is 1.09 bits per heavy atom. The van der Waals surface area contributed by atoms with Crippen LogP contribution in [0, 0.1) is 11.7 Å². The number of carbonyl (C=O) groups is 2. The van der Waals surface area contributed by atoms with Crippen molar-refractivity contribution in [3.8, 4) is 0 Å². The molecule has 1 aliphatic rings. The van der Waals surface area contributed by atoms with Crippen LogP contribution in [0.25, 0.3) is 0 Å². The van der Waals surface area contributed by atoms with Gasteiger partial charge in [0.2, 0.25) is 11.8 Å². The number of hydrogen-bond donors (Lipinski definition) is 1. The molecule has 32 heavy (non-hydrogen) atoms. The van der Waals surface area contributed by atoms with E-state index < -0.39 is 11.2 Å². The Hall–Kier alpha value is -2.83. The maximum atomic E-state index is 13.5. The molecule has 2 atom stereocenters. The lowest BCUT2D eigenvalue weighted by Crippen LogP contribution is -2.47. The first-order valence-electron chi connectivity index (χ1n) is 10.3. The Morgan fingerprint density at radius 2 is 1.84 bits per heavy atom. The Morgan fingerprint density at radius 3 is 2.59 bits per heavy atom. The third-order valence-corrected chi connectivity index (χ3v) is 7.09. The first-order valence-corrected chi connectivity index (χ1v) is 11.5. The number of hydrogen-bond acceptors (Lipinski definition) is 3. The fourth-order valence-electron chi connectivity index (χ4n) is 3.63. The molecule has 1 aliphatic heterocycles. The highest BCUT2D eigenvalue weighted by Crippen LogP contribution is 2.42. The number of halogens is 2. The molecule has 0 bridgehead atoms. The first kappa shape index (κ1) is 22.4. The summed E-state index contributed by atoms with van der Waals surface area (Å²) in [5.74, 6) is -1.21. The minimum absolute atomic E-state index is 0.113. The largest absolute Gasteiger partial charge is 0.352 e. The molecular formula is C25H22ClFN2O2S. The van der Waals surface area contributed by atoms with Crippen molar-refractivity contribution in [1.29, 1.82) is 0 Å². The van der Waals surface area contributed by atoms with Gasteiger partial charge in [-0.3, -0.25) is 9.59 Å². The molecule has 1 heterocycles. The van der Waals surface area contributed by atoms with Crippen molar-refractivity contribution in [3.63, 3.8) is 0 Å². The standard InChI is InChI=1S/C25H22ClFN2O2S/c1-16(24(30)28-14-17-9-11-20(27)12-10-17)23-25(31)29(15-18-5-4-6-19(26)13-18)21-7-2-3-8-22(21)32-23/h2-13,16,23H,14-15H2,1H3,(H,28,30). The van der Waals surface area contributed by atoms with Crippen molar-refractivity contribution in [3.05, 3.63) is 94.8 Å². The Bertz CT molecular complexity index is 1140. The van der Waals surface area contributed by atoms with Gasteiger partial charge in [0, 0.05) is 16.5 Å². The zero-order valence-electron chi connectivity index (χ0n) is 17.4. The summed E-state index contributed by atoms with van der Waals surface area (Å²) in [4.78, 5) is 29.0. The van der Waals surface area contributed by atoms with Gasteiger partial charge in [-0.25, -0.2) is 4.39 Å². The van der Waals surface area contributed by atoms with Gasteiger partial charge in [0.05, 0.1) is 18.2 Å². The molecule has 0 spiro atoms. The molecule has 1 N–H and O–H groups in total. The minimum Gasteiger partial charge on any atom is -0.352 e. The van der Waals surface area contributed by atoms with E-state index in [1.165, 1.54) is 23.9 Å². The number of nitrogens with zero attached hydrogens (tertiary/aromatic N) is 1. The lowest BCUT2D eigenvalue weighted by molar-refractivity contribution is -0.128. The van der Waals surface area contributed by atoms with Gasteiger partial charge in [0.15, 0.2) is 0 Å². The fourth-order valence-corrected chi connectivity index (χ4v) is 5.12. The van der Waals surface area contributed by atoms with Crippen LogP contribution in [0.2, 0.25) is 5.02 Å². The molecule has 0 fully saturated rings. The summed E-state index contributed by atoms with van der Waals surface area (Å²) >= 11 is 7.55. The monoisotopic (exact) mass is 468 g/mol. The van der Waals surface area contributed by atoms with Crippen molar-refractivity contribution in [2.75, 3.05) is 4.90 Å². The van der Waals surface area contributed by atoms with E-state index in [0.717, 1.165) is 21.7 Å². The SMILES string of the molecule is CC(C(=O)NCc1ccc(F)cc1)C1Sc2ccccc2N(Cc2cccc(Cl)c2)C1=O. The zero-order valence-corrected chi connectivity index (χ0v) is 19.0. The summed E-state index contributed by atoms with van der Waals surface area (Å²) in [5.41, 5.74) is 2.54. The predicted octanol–water partition coefficient (Wildman–Crippen LogP) is 5.44. The molecule has 0 aliphatic carbocycles. The van der Waals surface area contributed by atoms with E-state index in [2.05, 4.69) is 5.32 Å². The average Bonchev–Trinajstić information content (AvgIpc) is 2.79. The van der Waals surface area contributed by atoms with Crippen molar-refractivity contribution in [1.82, 2.24) is 5.32 Å². The van der Waals surface area contributed by atoms with Crippen LogP contribution in [-0.2, 0) is 22.7 Å². The zero-order chi connectivity index (χ0) is 22.7. The van der Waals surface area contributed by atoms with Crippen LogP contribution in [-0.4, -0.2) is 17.1 Å². The van der Waals surface area contributed by atoms with E-state index >= 15 is 0 Å². The topological polar surface area (TPSA) is 49.4 Å². The van der Waals surface area contributed by atoms with E-state index in [-0.39, 0.29) is 24.2 Å². The van der Waals surface area contributed by atoms with Crippen LogP contribution in [0.15, 0.2) is 77.7 Å². The third kappa shape index (κ3) is 4.97. The van der Waals surface area contributed by atoms with E-state index in [1.54, 1.807) is 30.0 Å². The van der Waals surface area contributed by atoms with Crippen LogP contribution in [0.4, 0.5) is 10.1 Å². The molecule has 3 aromatic carbocycles. The molecular weight excluding hydrogens is 447 g/mol. The Labute approximate surface area is 195 Å². The fraction of sp³-hybridized carbons (Fsp3) is 0.200. The van der Waals surface area contributed by atoms with Gasteiger partial charge in [-0.1, -0.05) is 54.9 Å². The second-order valence-corrected chi connectivity index (χ2v) is 9.31. The highest BCUT2D eigenvalue weighted by Gasteiger charge is 2.39. The molecule has 0 saturated heterocycles. The van der Waals surface area contributed by atoms with Gasteiger partial charge in [-0.2, -0.15) is 0 Å². The normalized spacial score (nSPS) is 16.4. The number of fused-ring (bicyclic) bond motifs is 1. The minimum atomic E-state index is -0.558. The molecule has 7 heteroatoms. The number of nitrogens with one attached hydrogen (secondary N) is 1. The maximum absolute atomic E-state index is 13.5. The van der Waals surface area contributed by atoms with Crippen molar-refractivity contribution in [2.24, 2.45) is 5.92 Å². The average molecular weight is 469 g/mol. The van der Waals surface area contributed by atoms with Gasteiger partial charge in [-0.05, 0) is 47.5 Å². The molecule has 3 aromatic rings. The number of benzene rings is 3. The van der Waals surface area contributed by atoms with Gasteiger partial charge >= 0.3 is 0 Å². The summed E-state index contributed by atoms with van der Waals surface area (Å²) in [6, 6.07) is 21.1. The third-order valence-electron chi connectivity index (χ3n) is 5.40. The molecule has 0 radical (unpaired) electrons. The molecule has 4 rings (SSSR count). The van der Waals surface area contributed by atoms with Crippen LogP contribution >= 0.6 is 23.4 Å². The van der Waals surface area contributed by atoms with E-state index in [9.17, 15) is 14.0 Å². The second-order valence-electron chi connectivity index (χ2n) is 7.69. The maximum Gasteiger partial charge on any atom is 0.241 e. The lowest BCUT2D eigenvalue weighted by Gasteiger charge is -2.35. The van der Waals surface area contributed by atoms with Crippen LogP contribution < -0.4 is 10.2 Å². The quantitative estimate of drug-likeness (QED) is 0.524. The molecule has 0 saturated carbocycles. The number of thioether (sulfide) groups is 1. The van der Waals surface area contributed by atoms with Gasteiger partial charge in [0.1, 0.15) is 11.1 Å². The lowest BCUT2D eigenvalue weighted by atomic mass is 10.0. The molecule has 164 valence electrons. The molecule has 2 unspecified atom stereocenters. The molecule has 2 amide bonds. The van der Waals surface area contributed by atoms with Crippen LogP contribution in [0.5, 0.6) is 0 Å². The summed E-state index contributed by atoms with van der Waals surface area (Å²) in [6.07, 6.45) is 0. The van der Waals surface area contributed by atoms with Crippen molar-refractivity contribution in [2.45, 2.75) is 30.2 Å². The van der Waals surface area contributed by atoms with Crippen LogP contribution in [0.1, 0.15) is 18.1 Å². The Kier molecular flexibility index (Phi) is 6.82. The number of rotatable bonds is 6. The van der Waals surface area contributed by atoms with E-state index in [4.69, 9.17) is 11.6 Å². The summed E-state index contributed by atoms with van der Waals surface area (Å²) in [7, 11) is 0. The summed E-state index contributed by atoms with van der Waals surface area (Å²) < 4.78 is 13.1. The van der Waals surface area contributed by atoms with Crippen molar-refractivity contribution >= 4 is 40.9 Å². The number of amides is 2. The summed E-state index contributed by atoms with van der Waals surface area (Å²) in [5, 5.41) is 2.92. The van der Waals surface area contributed by atoms with Gasteiger partial charge in [-0.15, -0.1) is 11.8 Å². The van der Waals surface area contributed by atoms with E-state index in [1.807, 2.05) is 42.5 Å². The number of carbonyl (C=O) groups excluding carboxylic acids is 2. The highest BCUT2D eigenvalue weighted by atomic mass is 35.5. The van der Waals surface area contributed by atoms with E-state index in [0.29, 0.717) is 11.6 Å². The predicted molar refractivity (Wildman–Crippen MR) is 126 cm³/mol. The number of anilines is 1. The summed E-state index contributed by atoms with van der Waals surface area (Å²) in [6.45, 7) is 2.41. The van der Waals surface area contributed by atoms with Crippen molar-refractivity contribution < 1.29 is 14.0 Å². The second kappa shape index (κ2) is 9.76. The van der Waals surface area contributed by atoms with Crippen LogP contribution in [0.3, 0.4) is 0 Å². The van der Waals surface area contributed by atoms with Gasteiger partial charge < -0.3 is 10.2 Å². The number of para-hydroxylation sites is 1. The van der Waals surface area contributed by atoms with Gasteiger partial charge in [0.25, 0.3) is 0 Å². The molecule has 0 aromatic heterocycles. The first-order chi connectivity index (χ1) is 15.4. The Balaban J connectivity index is 1.52. The smallest absolute Gasteiger partial charge is 0.241 e.